The molecule has 0 spiro atoms. The number of anilines is 1. The highest BCUT2D eigenvalue weighted by atomic mass is 19.3. The summed E-state index contributed by atoms with van der Waals surface area (Å²) in [6.45, 7) is 2.71. The van der Waals surface area contributed by atoms with Crippen LogP contribution in [0.3, 0.4) is 0 Å². The van der Waals surface area contributed by atoms with Crippen LogP contribution in [0.25, 0.3) is 0 Å². The van der Waals surface area contributed by atoms with Crippen LogP contribution in [-0.4, -0.2) is 26.2 Å². The van der Waals surface area contributed by atoms with Crippen molar-refractivity contribution in [3.05, 3.63) is 23.8 Å². The zero-order valence-electron chi connectivity index (χ0n) is 12.0. The molecule has 5 heteroatoms. The zero-order chi connectivity index (χ0) is 14.6. The van der Waals surface area contributed by atoms with Gasteiger partial charge in [-0.1, -0.05) is 12.5 Å². The molecule has 0 amide bonds. The number of halogens is 2. The minimum absolute atomic E-state index is 0.0318. The van der Waals surface area contributed by atoms with Gasteiger partial charge in [0.2, 0.25) is 0 Å². The van der Waals surface area contributed by atoms with Crippen LogP contribution < -0.4 is 15.4 Å². The number of rotatable bonds is 5. The van der Waals surface area contributed by atoms with E-state index in [-0.39, 0.29) is 5.56 Å². The molecule has 1 atom stereocenters. The summed E-state index contributed by atoms with van der Waals surface area (Å²) in [5.74, 6) is -2.39. The maximum atomic E-state index is 13.3. The molecule has 1 aromatic rings. The number of nitrogens with one attached hydrogen (secondary N) is 2. The molecule has 1 fully saturated rings. The van der Waals surface area contributed by atoms with Crippen molar-refractivity contribution >= 4 is 5.69 Å². The summed E-state index contributed by atoms with van der Waals surface area (Å²) in [6.07, 6.45) is 3.60. The van der Waals surface area contributed by atoms with Crippen LogP contribution in [0.5, 0.6) is 5.75 Å². The monoisotopic (exact) mass is 284 g/mol. The molecule has 0 aromatic heterocycles. The summed E-state index contributed by atoms with van der Waals surface area (Å²) >= 11 is 0. The molecule has 1 heterocycles. The number of methoxy groups -OCH3 is 1. The summed E-state index contributed by atoms with van der Waals surface area (Å²) in [5.41, 5.74) is 0.726. The molecule has 1 unspecified atom stereocenters. The smallest absolute Gasteiger partial charge is 0.270 e. The van der Waals surface area contributed by atoms with E-state index in [1.807, 2.05) is 0 Å². The van der Waals surface area contributed by atoms with Crippen LogP contribution in [0.15, 0.2) is 18.2 Å². The third-order valence-corrected chi connectivity index (χ3v) is 3.66. The highest BCUT2D eigenvalue weighted by Crippen LogP contribution is 2.33. The Bertz CT molecular complexity index is 440. The second kappa shape index (κ2) is 6.39. The topological polar surface area (TPSA) is 33.3 Å². The minimum atomic E-state index is -2.85. The SMILES string of the molecule is COc1cc(C(C)(F)F)ccc1NCC1CCCCN1. The Kier molecular flexibility index (Phi) is 4.81. The van der Waals surface area contributed by atoms with E-state index in [0.29, 0.717) is 11.8 Å². The normalized spacial score (nSPS) is 19.7. The Morgan fingerprint density at radius 1 is 1.40 bits per heavy atom. The average molecular weight is 284 g/mol. The van der Waals surface area contributed by atoms with Gasteiger partial charge in [0.15, 0.2) is 0 Å². The van der Waals surface area contributed by atoms with Crippen molar-refractivity contribution in [2.45, 2.75) is 38.2 Å². The first kappa shape index (κ1) is 15.0. The molecule has 1 aromatic carbocycles. The zero-order valence-corrected chi connectivity index (χ0v) is 12.0. The molecule has 1 aliphatic rings. The van der Waals surface area contributed by atoms with Crippen molar-refractivity contribution < 1.29 is 13.5 Å². The van der Waals surface area contributed by atoms with Crippen molar-refractivity contribution in [3.8, 4) is 5.75 Å². The number of alkyl halides is 2. The van der Waals surface area contributed by atoms with Gasteiger partial charge in [0.25, 0.3) is 5.92 Å². The van der Waals surface area contributed by atoms with E-state index in [9.17, 15) is 8.78 Å². The summed E-state index contributed by atoms with van der Waals surface area (Å²) < 4.78 is 31.8. The third-order valence-electron chi connectivity index (χ3n) is 3.66. The molecule has 2 N–H and O–H groups in total. The van der Waals surface area contributed by atoms with Crippen LogP contribution >= 0.6 is 0 Å². The lowest BCUT2D eigenvalue weighted by molar-refractivity contribution is 0.0173. The van der Waals surface area contributed by atoms with Crippen LogP contribution in [0, 0.1) is 0 Å². The highest BCUT2D eigenvalue weighted by Gasteiger charge is 2.25. The number of piperidine rings is 1. The molecular formula is C15H22F2N2O. The van der Waals surface area contributed by atoms with Gasteiger partial charge in [-0.3, -0.25) is 0 Å². The van der Waals surface area contributed by atoms with Crippen LogP contribution in [0.1, 0.15) is 31.7 Å². The molecule has 0 aliphatic carbocycles. The molecule has 112 valence electrons. The van der Waals surface area contributed by atoms with Crippen LogP contribution in [0.2, 0.25) is 0 Å². The summed E-state index contributed by atoms with van der Waals surface area (Å²) in [7, 11) is 1.50. The lowest BCUT2D eigenvalue weighted by Crippen LogP contribution is -2.39. The lowest BCUT2D eigenvalue weighted by Gasteiger charge is -2.24. The maximum absolute atomic E-state index is 13.3. The number of benzene rings is 1. The Hall–Kier alpha value is -1.36. The molecule has 1 saturated heterocycles. The van der Waals surface area contributed by atoms with Crippen molar-refractivity contribution in [3.63, 3.8) is 0 Å². The van der Waals surface area contributed by atoms with Gasteiger partial charge < -0.3 is 15.4 Å². The van der Waals surface area contributed by atoms with E-state index in [4.69, 9.17) is 4.74 Å². The lowest BCUT2D eigenvalue weighted by atomic mass is 10.0. The van der Waals surface area contributed by atoms with E-state index in [0.717, 1.165) is 32.1 Å². The second-order valence-electron chi connectivity index (χ2n) is 5.33. The van der Waals surface area contributed by atoms with Crippen molar-refractivity contribution in [1.82, 2.24) is 5.32 Å². The first-order valence-corrected chi connectivity index (χ1v) is 7.04. The van der Waals surface area contributed by atoms with E-state index in [1.54, 1.807) is 6.07 Å². The Labute approximate surface area is 118 Å². The van der Waals surface area contributed by atoms with Gasteiger partial charge in [-0.25, -0.2) is 8.78 Å². The minimum Gasteiger partial charge on any atom is -0.495 e. The van der Waals surface area contributed by atoms with Gasteiger partial charge in [-0.2, -0.15) is 0 Å². The predicted molar refractivity (Wildman–Crippen MR) is 76.7 cm³/mol. The molecule has 0 saturated carbocycles. The van der Waals surface area contributed by atoms with Crippen LogP contribution in [-0.2, 0) is 5.92 Å². The quantitative estimate of drug-likeness (QED) is 0.870. The largest absolute Gasteiger partial charge is 0.495 e. The molecule has 20 heavy (non-hydrogen) atoms. The van der Waals surface area contributed by atoms with Gasteiger partial charge in [0.05, 0.1) is 12.8 Å². The second-order valence-corrected chi connectivity index (χ2v) is 5.33. The number of hydrogen-bond acceptors (Lipinski definition) is 3. The first-order valence-electron chi connectivity index (χ1n) is 7.04. The van der Waals surface area contributed by atoms with Crippen molar-refractivity contribution in [2.75, 3.05) is 25.5 Å². The van der Waals surface area contributed by atoms with Gasteiger partial charge in [0.1, 0.15) is 5.75 Å². The molecule has 0 bridgehead atoms. The maximum Gasteiger partial charge on any atom is 0.270 e. The van der Waals surface area contributed by atoms with E-state index >= 15 is 0 Å². The number of hydrogen-bond donors (Lipinski definition) is 2. The third kappa shape index (κ3) is 3.82. The fourth-order valence-electron chi connectivity index (χ4n) is 2.44. The summed E-state index contributed by atoms with van der Waals surface area (Å²) in [5, 5.41) is 6.72. The van der Waals surface area contributed by atoms with Gasteiger partial charge in [-0.05, 0) is 31.5 Å². The Morgan fingerprint density at radius 3 is 2.80 bits per heavy atom. The number of ether oxygens (including phenoxy) is 1. The Balaban J connectivity index is 2.03. The van der Waals surface area contributed by atoms with Crippen molar-refractivity contribution in [2.24, 2.45) is 0 Å². The van der Waals surface area contributed by atoms with E-state index in [2.05, 4.69) is 10.6 Å². The Morgan fingerprint density at radius 2 is 2.20 bits per heavy atom. The summed E-state index contributed by atoms with van der Waals surface area (Å²) in [6, 6.07) is 4.94. The van der Waals surface area contributed by atoms with E-state index < -0.39 is 5.92 Å². The van der Waals surface area contributed by atoms with Gasteiger partial charge >= 0.3 is 0 Å². The summed E-state index contributed by atoms with van der Waals surface area (Å²) in [4.78, 5) is 0. The predicted octanol–water partition coefficient (Wildman–Crippen LogP) is 3.36. The van der Waals surface area contributed by atoms with Crippen LogP contribution in [0.4, 0.5) is 14.5 Å². The van der Waals surface area contributed by atoms with E-state index in [1.165, 1.54) is 32.1 Å². The molecule has 0 radical (unpaired) electrons. The van der Waals surface area contributed by atoms with Crippen molar-refractivity contribution in [1.29, 1.82) is 0 Å². The molecule has 1 aliphatic heterocycles. The standard InChI is InChI=1S/C15H22F2N2O/c1-15(16,17)11-6-7-13(14(9-11)20-2)19-10-12-5-3-4-8-18-12/h6-7,9,12,18-19H,3-5,8,10H2,1-2H3. The fraction of sp³-hybridized carbons (Fsp3) is 0.600. The molecule has 2 rings (SSSR count). The van der Waals surface area contributed by atoms with Gasteiger partial charge in [0, 0.05) is 25.1 Å². The fourth-order valence-corrected chi connectivity index (χ4v) is 2.44. The first-order chi connectivity index (χ1) is 9.50. The molecular weight excluding hydrogens is 262 g/mol. The average Bonchev–Trinajstić information content (AvgIpc) is 2.45. The highest BCUT2D eigenvalue weighted by molar-refractivity contribution is 5.58. The molecule has 3 nitrogen and oxygen atoms in total. The van der Waals surface area contributed by atoms with Gasteiger partial charge in [-0.15, -0.1) is 0 Å².